The van der Waals surface area contributed by atoms with Gasteiger partial charge in [0.1, 0.15) is 6.33 Å². The van der Waals surface area contributed by atoms with Crippen molar-refractivity contribution in [3.05, 3.63) is 58.5 Å². The smallest absolute Gasteiger partial charge is 0.116 e. The van der Waals surface area contributed by atoms with Gasteiger partial charge in [-0.25, -0.2) is 9.97 Å². The van der Waals surface area contributed by atoms with Crippen molar-refractivity contribution in [2.24, 2.45) is 5.92 Å². The van der Waals surface area contributed by atoms with Crippen LogP contribution in [0.5, 0.6) is 0 Å². The van der Waals surface area contributed by atoms with E-state index in [1.165, 1.54) is 51.0 Å². The molecular weight excluding hydrogens is 461 g/mol. The summed E-state index contributed by atoms with van der Waals surface area (Å²) in [4.78, 5) is 11.0. The van der Waals surface area contributed by atoms with Gasteiger partial charge in [0.2, 0.25) is 0 Å². The van der Waals surface area contributed by atoms with Crippen molar-refractivity contribution in [1.29, 1.82) is 0 Å². The lowest BCUT2D eigenvalue weighted by atomic mass is 9.85. The Morgan fingerprint density at radius 1 is 0.848 bits per heavy atom. The Morgan fingerprint density at radius 3 is 2.45 bits per heavy atom. The van der Waals surface area contributed by atoms with Gasteiger partial charge in [-0.15, -0.1) is 34.0 Å². The number of benzene rings is 2. The fourth-order valence-electron chi connectivity index (χ4n) is 4.67. The summed E-state index contributed by atoms with van der Waals surface area (Å²) in [5.74, 6) is 0.664. The maximum Gasteiger partial charge on any atom is 0.116 e. The molecule has 0 atom stereocenters. The summed E-state index contributed by atoms with van der Waals surface area (Å²) in [6.07, 6.45) is 2.87. The molecule has 0 unspecified atom stereocenters. The van der Waals surface area contributed by atoms with Crippen molar-refractivity contribution in [3.8, 4) is 11.3 Å². The molecule has 0 N–H and O–H groups in total. The highest BCUT2D eigenvalue weighted by Gasteiger charge is 2.21. The zero-order valence-electron chi connectivity index (χ0n) is 19.5. The van der Waals surface area contributed by atoms with Crippen molar-refractivity contribution >= 4 is 74.5 Å². The minimum atomic E-state index is 0.0708. The van der Waals surface area contributed by atoms with Crippen molar-refractivity contribution < 1.29 is 0 Å². The molecule has 0 aliphatic carbocycles. The molecule has 4 aromatic heterocycles. The molecule has 5 heteroatoms. The van der Waals surface area contributed by atoms with E-state index in [9.17, 15) is 0 Å². The van der Waals surface area contributed by atoms with E-state index >= 15 is 0 Å². The molecule has 6 aromatic rings. The lowest BCUT2D eigenvalue weighted by Crippen LogP contribution is -2.11. The number of thiophene rings is 3. The number of fused-ring (bicyclic) bond motifs is 6. The zero-order valence-corrected chi connectivity index (χ0v) is 22.0. The SMILES string of the molecule is CC(C)Cc1cc2ccc3c4ncnc(-c5cc(C(C)(C)C)c6sccc6c5)c4sc3c2s1. The van der Waals surface area contributed by atoms with Crippen LogP contribution < -0.4 is 0 Å². The van der Waals surface area contributed by atoms with Crippen LogP contribution in [0, 0.1) is 5.92 Å². The van der Waals surface area contributed by atoms with Gasteiger partial charge in [-0.2, -0.15) is 0 Å². The summed E-state index contributed by atoms with van der Waals surface area (Å²) >= 11 is 5.63. The molecule has 0 radical (unpaired) electrons. The van der Waals surface area contributed by atoms with Gasteiger partial charge in [0.05, 0.1) is 25.3 Å². The summed E-state index contributed by atoms with van der Waals surface area (Å²) in [6.45, 7) is 11.5. The summed E-state index contributed by atoms with van der Waals surface area (Å²) in [6, 6.07) is 13.8. The number of hydrogen-bond donors (Lipinski definition) is 0. The van der Waals surface area contributed by atoms with E-state index in [0.717, 1.165) is 17.6 Å². The van der Waals surface area contributed by atoms with Crippen molar-refractivity contribution in [2.45, 2.75) is 46.5 Å². The molecule has 4 heterocycles. The largest absolute Gasteiger partial charge is 0.235 e. The lowest BCUT2D eigenvalue weighted by Gasteiger charge is -2.21. The van der Waals surface area contributed by atoms with Gasteiger partial charge in [0.25, 0.3) is 0 Å². The standard InChI is InChI=1S/C28H26N2S3/c1-15(2)10-19-12-16-6-7-20-23-27(33-26(20)25(16)32-19)22(29-14-30-23)18-11-17-8-9-31-24(17)21(13-18)28(3,4)5/h6-9,11-15H,10H2,1-5H3. The minimum Gasteiger partial charge on any atom is -0.235 e. The molecule has 2 aromatic carbocycles. The van der Waals surface area contributed by atoms with Crippen LogP contribution in [0.4, 0.5) is 0 Å². The highest BCUT2D eigenvalue weighted by molar-refractivity contribution is 7.31. The van der Waals surface area contributed by atoms with Crippen LogP contribution in [0.2, 0.25) is 0 Å². The summed E-state index contributed by atoms with van der Waals surface area (Å²) in [5.41, 5.74) is 4.77. The number of nitrogens with zero attached hydrogens (tertiary/aromatic N) is 2. The third kappa shape index (κ3) is 3.49. The van der Waals surface area contributed by atoms with Crippen molar-refractivity contribution in [3.63, 3.8) is 0 Å². The van der Waals surface area contributed by atoms with E-state index in [1.54, 1.807) is 6.33 Å². The van der Waals surface area contributed by atoms with Crippen LogP contribution >= 0.6 is 34.0 Å². The monoisotopic (exact) mass is 486 g/mol. The van der Waals surface area contributed by atoms with Gasteiger partial charge in [-0.1, -0.05) is 46.8 Å². The second-order valence-electron chi connectivity index (χ2n) is 10.3. The molecule has 0 fully saturated rings. The quantitative estimate of drug-likeness (QED) is 0.249. The van der Waals surface area contributed by atoms with Gasteiger partial charge in [0, 0.05) is 20.5 Å². The first-order valence-electron chi connectivity index (χ1n) is 11.4. The maximum absolute atomic E-state index is 4.82. The number of hydrogen-bond acceptors (Lipinski definition) is 5. The van der Waals surface area contributed by atoms with Gasteiger partial charge < -0.3 is 0 Å². The first-order valence-corrected chi connectivity index (χ1v) is 13.9. The zero-order chi connectivity index (χ0) is 22.9. The average molecular weight is 487 g/mol. The lowest BCUT2D eigenvalue weighted by molar-refractivity contribution is 0.597. The molecular formula is C28H26N2S3. The molecule has 0 amide bonds. The summed E-state index contributed by atoms with van der Waals surface area (Å²) < 4.78 is 5.30. The van der Waals surface area contributed by atoms with E-state index in [-0.39, 0.29) is 5.41 Å². The topological polar surface area (TPSA) is 25.8 Å². The first kappa shape index (κ1) is 21.2. The van der Waals surface area contributed by atoms with Gasteiger partial charge in [-0.05, 0) is 63.7 Å². The number of aromatic nitrogens is 2. The van der Waals surface area contributed by atoms with Crippen molar-refractivity contribution in [1.82, 2.24) is 9.97 Å². The summed E-state index contributed by atoms with van der Waals surface area (Å²) in [5, 5.41) is 6.09. The molecule has 0 aliphatic heterocycles. The highest BCUT2D eigenvalue weighted by atomic mass is 32.1. The van der Waals surface area contributed by atoms with Gasteiger partial charge in [-0.3, -0.25) is 0 Å². The second kappa shape index (κ2) is 7.59. The Labute approximate surface area is 205 Å². The fourth-order valence-corrected chi connectivity index (χ4v) is 8.55. The normalized spacial score (nSPS) is 12.8. The fraction of sp³-hybridized carbons (Fsp3) is 0.286. The molecule has 166 valence electrons. The Balaban J connectivity index is 1.62. The van der Waals surface area contributed by atoms with Gasteiger partial charge in [0.15, 0.2) is 0 Å². The van der Waals surface area contributed by atoms with Crippen LogP contribution in [-0.2, 0) is 11.8 Å². The first-order chi connectivity index (χ1) is 15.8. The van der Waals surface area contributed by atoms with E-state index in [2.05, 4.69) is 76.4 Å². The molecule has 6 rings (SSSR count). The third-order valence-electron chi connectivity index (χ3n) is 6.20. The van der Waals surface area contributed by atoms with Crippen LogP contribution in [-0.4, -0.2) is 9.97 Å². The van der Waals surface area contributed by atoms with Crippen LogP contribution in [0.1, 0.15) is 45.1 Å². The van der Waals surface area contributed by atoms with E-state index in [4.69, 9.17) is 9.97 Å². The molecule has 2 nitrogen and oxygen atoms in total. The average Bonchev–Trinajstić information content (AvgIpc) is 3.47. The molecule has 33 heavy (non-hydrogen) atoms. The molecule has 0 saturated carbocycles. The molecule has 0 saturated heterocycles. The minimum absolute atomic E-state index is 0.0708. The third-order valence-corrected chi connectivity index (χ3v) is 9.70. The van der Waals surface area contributed by atoms with Crippen molar-refractivity contribution in [2.75, 3.05) is 0 Å². The Kier molecular flexibility index (Phi) is 4.88. The molecule has 0 aliphatic rings. The Hall–Kier alpha value is -2.34. The van der Waals surface area contributed by atoms with Crippen LogP contribution in [0.25, 0.3) is 51.7 Å². The predicted molar refractivity (Wildman–Crippen MR) is 148 cm³/mol. The number of rotatable bonds is 3. The maximum atomic E-state index is 4.82. The molecule has 0 spiro atoms. The Morgan fingerprint density at radius 2 is 1.67 bits per heavy atom. The van der Waals surface area contributed by atoms with E-state index in [0.29, 0.717) is 5.92 Å². The Bertz CT molecular complexity index is 1660. The molecule has 0 bridgehead atoms. The second-order valence-corrected chi connectivity index (χ2v) is 13.4. The highest BCUT2D eigenvalue weighted by Crippen LogP contribution is 2.45. The van der Waals surface area contributed by atoms with Crippen LogP contribution in [0.15, 0.2) is 48.1 Å². The van der Waals surface area contributed by atoms with E-state index < -0.39 is 0 Å². The van der Waals surface area contributed by atoms with Gasteiger partial charge >= 0.3 is 0 Å². The summed E-state index contributed by atoms with van der Waals surface area (Å²) in [7, 11) is 0. The van der Waals surface area contributed by atoms with Crippen LogP contribution in [0.3, 0.4) is 0 Å². The van der Waals surface area contributed by atoms with E-state index in [1.807, 2.05) is 34.0 Å². The predicted octanol–water partition coefficient (Wildman–Crippen LogP) is 9.44.